The second kappa shape index (κ2) is 6.44. The van der Waals surface area contributed by atoms with Gasteiger partial charge >= 0.3 is 5.97 Å². The van der Waals surface area contributed by atoms with Crippen molar-refractivity contribution in [3.8, 4) is 5.75 Å². The lowest BCUT2D eigenvalue weighted by molar-refractivity contribution is 0.0695. The van der Waals surface area contributed by atoms with E-state index in [2.05, 4.69) is 0 Å². The van der Waals surface area contributed by atoms with Gasteiger partial charge in [0.2, 0.25) is 0 Å². The summed E-state index contributed by atoms with van der Waals surface area (Å²) in [6.07, 6.45) is 0.834. The monoisotopic (exact) mass is 286 g/mol. The molecule has 0 bridgehead atoms. The Balaban J connectivity index is 2.28. The zero-order valence-electron chi connectivity index (χ0n) is 12.0. The minimum atomic E-state index is -1.11. The van der Waals surface area contributed by atoms with Crippen LogP contribution in [0.3, 0.4) is 0 Å². The molecule has 0 aliphatic rings. The smallest absolute Gasteiger partial charge is 0.336 e. The number of benzene rings is 2. The van der Waals surface area contributed by atoms with Gasteiger partial charge in [-0.2, -0.15) is 0 Å². The summed E-state index contributed by atoms with van der Waals surface area (Å²) in [6, 6.07) is 9.90. The molecule has 1 N–H and O–H groups in total. The minimum absolute atomic E-state index is 0.0154. The molecule has 0 atom stereocenters. The lowest BCUT2D eigenvalue weighted by Gasteiger charge is -2.11. The highest BCUT2D eigenvalue weighted by atomic mass is 19.1. The van der Waals surface area contributed by atoms with Gasteiger partial charge in [0.15, 0.2) is 0 Å². The molecular weight excluding hydrogens is 270 g/mol. The summed E-state index contributed by atoms with van der Waals surface area (Å²) >= 11 is 0. The van der Waals surface area contributed by atoms with Gasteiger partial charge < -0.3 is 9.84 Å². The van der Waals surface area contributed by atoms with Gasteiger partial charge in [0.1, 0.15) is 19.4 Å². The van der Waals surface area contributed by atoms with Crippen LogP contribution >= 0.6 is 0 Å². The topological polar surface area (TPSA) is 46.5 Å². The van der Waals surface area contributed by atoms with E-state index in [0.717, 1.165) is 16.8 Å². The second-order valence-electron chi connectivity index (χ2n) is 4.89. The van der Waals surface area contributed by atoms with E-state index in [-0.39, 0.29) is 11.1 Å². The summed E-state index contributed by atoms with van der Waals surface area (Å²) in [6.45, 7) is 0. The van der Waals surface area contributed by atoms with Crippen molar-refractivity contribution < 1.29 is 19.0 Å². The number of aryl methyl sites for hydroxylation is 1. The maximum Gasteiger partial charge on any atom is 0.336 e. The molecule has 0 amide bonds. The lowest BCUT2D eigenvalue weighted by atomic mass is 9.91. The third-order valence-electron chi connectivity index (χ3n) is 3.43. The Labute approximate surface area is 123 Å². The van der Waals surface area contributed by atoms with E-state index in [0.29, 0.717) is 12.8 Å². The number of hydrogen-bond donors (Lipinski definition) is 1. The molecule has 0 fully saturated rings. The number of aromatic carboxylic acids is 1. The van der Waals surface area contributed by atoms with Crippen LogP contribution < -0.4 is 10.2 Å². The number of carbonyl (C=O) groups is 1. The normalized spacial score (nSPS) is 10.4. The fourth-order valence-electron chi connectivity index (χ4n) is 2.38. The molecule has 0 aliphatic heterocycles. The molecule has 0 unspecified atom stereocenters. The Morgan fingerprint density at radius 2 is 2.05 bits per heavy atom. The minimum Gasteiger partial charge on any atom is -0.496 e. The highest BCUT2D eigenvalue weighted by Gasteiger charge is 2.14. The summed E-state index contributed by atoms with van der Waals surface area (Å²) in [5.41, 5.74) is 2.27. The van der Waals surface area contributed by atoms with Crippen LogP contribution in [0.5, 0.6) is 5.75 Å². The molecule has 108 valence electrons. The third kappa shape index (κ3) is 3.43. The molecule has 2 aromatic carbocycles. The summed E-state index contributed by atoms with van der Waals surface area (Å²) in [5.74, 6) is -0.865. The molecular formula is C16H16BFO3. The zero-order chi connectivity index (χ0) is 15.4. The second-order valence-corrected chi connectivity index (χ2v) is 4.89. The van der Waals surface area contributed by atoms with Crippen LogP contribution in [0, 0.1) is 5.82 Å². The number of hydrogen-bond acceptors (Lipinski definition) is 2. The number of rotatable bonds is 5. The Morgan fingerprint density at radius 3 is 2.71 bits per heavy atom. The van der Waals surface area contributed by atoms with Gasteiger partial charge in [0.05, 0.1) is 12.7 Å². The standard InChI is InChI=1S/C16H16BFO3/c1-21-15-8-6-11(17)9-10(15)5-7-12-13(16(19)20)3-2-4-14(12)18/h2-4,6,8-9H,5,7,17H2,1H3,(H,19,20). The van der Waals surface area contributed by atoms with Crippen LogP contribution in [0.1, 0.15) is 21.5 Å². The van der Waals surface area contributed by atoms with Crippen LogP contribution in [0.15, 0.2) is 36.4 Å². The van der Waals surface area contributed by atoms with Gasteiger partial charge in [-0.3, -0.25) is 0 Å². The van der Waals surface area contributed by atoms with Gasteiger partial charge in [-0.15, -0.1) is 0 Å². The van der Waals surface area contributed by atoms with Crippen molar-refractivity contribution in [3.63, 3.8) is 0 Å². The number of ether oxygens (including phenoxy) is 1. The predicted octanol–water partition coefficient (Wildman–Crippen LogP) is 1.58. The Hall–Kier alpha value is -2.30. The Bertz CT molecular complexity index is 671. The van der Waals surface area contributed by atoms with Crippen molar-refractivity contribution >= 4 is 19.3 Å². The first kappa shape index (κ1) is 15.1. The first-order valence-electron chi connectivity index (χ1n) is 6.67. The molecule has 21 heavy (non-hydrogen) atoms. The SMILES string of the molecule is Bc1ccc(OC)c(CCc2c(F)cccc2C(=O)O)c1. The third-order valence-corrected chi connectivity index (χ3v) is 3.43. The van der Waals surface area contributed by atoms with E-state index in [1.165, 1.54) is 18.2 Å². The fraction of sp³-hybridized carbons (Fsp3) is 0.188. The van der Waals surface area contributed by atoms with Crippen LogP contribution in [0.25, 0.3) is 0 Å². The summed E-state index contributed by atoms with van der Waals surface area (Å²) in [7, 11) is 3.55. The highest BCUT2D eigenvalue weighted by Crippen LogP contribution is 2.21. The van der Waals surface area contributed by atoms with E-state index in [9.17, 15) is 9.18 Å². The quantitative estimate of drug-likeness (QED) is 0.849. The van der Waals surface area contributed by atoms with Crippen LogP contribution in [0.2, 0.25) is 0 Å². The van der Waals surface area contributed by atoms with Crippen molar-refractivity contribution in [1.29, 1.82) is 0 Å². The highest BCUT2D eigenvalue weighted by molar-refractivity contribution is 6.32. The van der Waals surface area contributed by atoms with Gasteiger partial charge in [-0.1, -0.05) is 23.7 Å². The molecule has 0 radical (unpaired) electrons. The first-order valence-corrected chi connectivity index (χ1v) is 6.67. The summed E-state index contributed by atoms with van der Waals surface area (Å²) in [5, 5.41) is 9.14. The number of halogens is 1. The molecule has 5 heteroatoms. The van der Waals surface area contributed by atoms with E-state index < -0.39 is 11.8 Å². The Morgan fingerprint density at radius 1 is 1.29 bits per heavy atom. The molecule has 0 aromatic heterocycles. The largest absolute Gasteiger partial charge is 0.496 e. The van der Waals surface area contributed by atoms with Gasteiger partial charge in [-0.25, -0.2) is 9.18 Å². The molecule has 0 saturated heterocycles. The van der Waals surface area contributed by atoms with Crippen molar-refractivity contribution in [2.24, 2.45) is 0 Å². The Kier molecular flexibility index (Phi) is 4.63. The number of methoxy groups -OCH3 is 1. The average Bonchev–Trinajstić information content (AvgIpc) is 2.45. The van der Waals surface area contributed by atoms with Crippen LogP contribution in [-0.2, 0) is 12.8 Å². The van der Waals surface area contributed by atoms with Crippen LogP contribution in [0.4, 0.5) is 4.39 Å². The summed E-state index contributed by atoms with van der Waals surface area (Å²) in [4.78, 5) is 11.2. The van der Waals surface area contributed by atoms with Gasteiger partial charge in [0, 0.05) is 5.56 Å². The number of carboxylic acid groups (broad SMARTS) is 1. The maximum absolute atomic E-state index is 13.9. The van der Waals surface area contributed by atoms with E-state index in [1.54, 1.807) is 7.11 Å². The molecule has 0 saturated carbocycles. The van der Waals surface area contributed by atoms with Crippen molar-refractivity contribution in [2.75, 3.05) is 7.11 Å². The van der Waals surface area contributed by atoms with E-state index >= 15 is 0 Å². The molecule has 0 aliphatic carbocycles. The number of carboxylic acids is 1. The summed E-state index contributed by atoms with van der Waals surface area (Å²) < 4.78 is 19.2. The average molecular weight is 286 g/mol. The van der Waals surface area contributed by atoms with Crippen LogP contribution in [-0.4, -0.2) is 26.0 Å². The van der Waals surface area contributed by atoms with E-state index in [4.69, 9.17) is 9.84 Å². The van der Waals surface area contributed by atoms with E-state index in [1.807, 2.05) is 26.0 Å². The molecule has 2 rings (SSSR count). The van der Waals surface area contributed by atoms with Crippen molar-refractivity contribution in [2.45, 2.75) is 12.8 Å². The zero-order valence-corrected chi connectivity index (χ0v) is 12.0. The van der Waals surface area contributed by atoms with Gasteiger partial charge in [-0.05, 0) is 36.6 Å². The first-order chi connectivity index (χ1) is 10.0. The van der Waals surface area contributed by atoms with Crippen molar-refractivity contribution in [1.82, 2.24) is 0 Å². The fourth-order valence-corrected chi connectivity index (χ4v) is 2.38. The molecule has 2 aromatic rings. The molecule has 3 nitrogen and oxygen atoms in total. The van der Waals surface area contributed by atoms with Crippen molar-refractivity contribution in [3.05, 3.63) is 58.9 Å². The maximum atomic E-state index is 13.9. The predicted molar refractivity (Wildman–Crippen MR) is 81.9 cm³/mol. The van der Waals surface area contributed by atoms with Gasteiger partial charge in [0.25, 0.3) is 0 Å². The lowest BCUT2D eigenvalue weighted by Crippen LogP contribution is -2.09. The molecule has 0 heterocycles. The molecule has 0 spiro atoms.